The number of phenols is 1. The number of hydrogen-bond donors (Lipinski definition) is 2. The highest BCUT2D eigenvalue weighted by Crippen LogP contribution is 2.44. The number of carbonyl (C=O) groups excluding carboxylic acids is 1. The van der Waals surface area contributed by atoms with Crippen LogP contribution in [0, 0.1) is 5.41 Å². The largest absolute Gasteiger partial charge is 0.508 e. The van der Waals surface area contributed by atoms with E-state index in [1.807, 2.05) is 6.92 Å². The van der Waals surface area contributed by atoms with Gasteiger partial charge in [0.2, 0.25) is 0 Å². The molecule has 2 bridgehead atoms. The topological polar surface area (TPSA) is 66.8 Å². The minimum Gasteiger partial charge on any atom is -0.508 e. The SMILES string of the molecule is C=C(C)[C@@H]1CC[C@](C)(O)[C@@H](Cl)CC[C@]2(C)C=CCC(C)=C2Cc2cc(ccc2O)C(=O)O1. The molecule has 1 aromatic carbocycles. The van der Waals surface area contributed by atoms with Gasteiger partial charge in [0, 0.05) is 5.41 Å². The van der Waals surface area contributed by atoms with Crippen LogP contribution in [0.5, 0.6) is 5.75 Å². The van der Waals surface area contributed by atoms with Gasteiger partial charge < -0.3 is 14.9 Å². The van der Waals surface area contributed by atoms with Crippen molar-refractivity contribution in [1.29, 1.82) is 0 Å². The molecule has 2 N–H and O–H groups in total. The number of halogens is 1. The monoisotopic (exact) mass is 458 g/mol. The molecule has 3 rings (SSSR count). The van der Waals surface area contributed by atoms with Gasteiger partial charge in [-0.3, -0.25) is 0 Å². The normalized spacial score (nSPS) is 31.9. The molecule has 0 amide bonds. The molecule has 5 heteroatoms. The van der Waals surface area contributed by atoms with Crippen LogP contribution in [0.15, 0.2) is 53.6 Å². The predicted octanol–water partition coefficient (Wildman–Crippen LogP) is 6.25. The van der Waals surface area contributed by atoms with Gasteiger partial charge in [0.1, 0.15) is 11.9 Å². The van der Waals surface area contributed by atoms with E-state index in [9.17, 15) is 15.0 Å². The Labute approximate surface area is 196 Å². The highest BCUT2D eigenvalue weighted by molar-refractivity contribution is 6.21. The zero-order valence-corrected chi connectivity index (χ0v) is 20.3. The first-order valence-corrected chi connectivity index (χ1v) is 11.8. The van der Waals surface area contributed by atoms with Crippen molar-refractivity contribution in [2.75, 3.05) is 0 Å². The highest BCUT2D eigenvalue weighted by atomic mass is 35.5. The van der Waals surface area contributed by atoms with Crippen LogP contribution in [0.4, 0.5) is 0 Å². The average molecular weight is 459 g/mol. The van der Waals surface area contributed by atoms with E-state index in [1.54, 1.807) is 25.1 Å². The Balaban J connectivity index is 2.06. The first kappa shape index (κ1) is 24.6. The van der Waals surface area contributed by atoms with E-state index in [4.69, 9.17) is 16.3 Å². The fraction of sp³-hybridized carbons (Fsp3) is 0.519. The van der Waals surface area contributed by atoms with Crippen molar-refractivity contribution >= 4 is 17.6 Å². The van der Waals surface area contributed by atoms with Gasteiger partial charge in [-0.15, -0.1) is 11.6 Å². The molecule has 4 atom stereocenters. The lowest BCUT2D eigenvalue weighted by Gasteiger charge is -2.37. The summed E-state index contributed by atoms with van der Waals surface area (Å²) in [4.78, 5) is 12.9. The minimum atomic E-state index is -1.11. The van der Waals surface area contributed by atoms with Crippen LogP contribution in [0.3, 0.4) is 0 Å². The fourth-order valence-electron chi connectivity index (χ4n) is 4.76. The van der Waals surface area contributed by atoms with Crippen LogP contribution >= 0.6 is 11.6 Å². The highest BCUT2D eigenvalue weighted by Gasteiger charge is 2.36. The fourth-order valence-corrected chi connectivity index (χ4v) is 4.98. The summed E-state index contributed by atoms with van der Waals surface area (Å²) in [5.41, 5.74) is 2.94. The molecule has 4 nitrogen and oxygen atoms in total. The van der Waals surface area contributed by atoms with Gasteiger partial charge in [-0.25, -0.2) is 4.79 Å². The lowest BCUT2D eigenvalue weighted by molar-refractivity contribution is 0.0127. The zero-order chi connectivity index (χ0) is 23.7. The molecule has 1 heterocycles. The van der Waals surface area contributed by atoms with Crippen LogP contribution in [0.2, 0.25) is 0 Å². The Hall–Kier alpha value is -2.04. The second-order valence-electron chi connectivity index (χ2n) is 9.95. The first-order valence-electron chi connectivity index (χ1n) is 11.3. The van der Waals surface area contributed by atoms with E-state index in [2.05, 4.69) is 32.6 Å². The van der Waals surface area contributed by atoms with Crippen molar-refractivity contribution < 1.29 is 19.7 Å². The summed E-state index contributed by atoms with van der Waals surface area (Å²) in [6.45, 7) is 11.8. The van der Waals surface area contributed by atoms with E-state index in [1.165, 1.54) is 11.1 Å². The van der Waals surface area contributed by atoms with Crippen LogP contribution in [-0.4, -0.2) is 33.3 Å². The smallest absolute Gasteiger partial charge is 0.338 e. The Morgan fingerprint density at radius 3 is 2.66 bits per heavy atom. The van der Waals surface area contributed by atoms with Gasteiger partial charge in [0.25, 0.3) is 0 Å². The quantitative estimate of drug-likeness (QED) is 0.296. The van der Waals surface area contributed by atoms with Crippen molar-refractivity contribution in [2.24, 2.45) is 5.41 Å². The number of aliphatic hydroxyl groups is 1. The van der Waals surface area contributed by atoms with Crippen LogP contribution in [0.25, 0.3) is 0 Å². The number of cyclic esters (lactones) is 1. The Morgan fingerprint density at radius 1 is 1.25 bits per heavy atom. The Bertz CT molecular complexity index is 958. The molecule has 2 aliphatic rings. The molecule has 0 radical (unpaired) electrons. The van der Waals surface area contributed by atoms with Crippen molar-refractivity contribution in [3.8, 4) is 5.75 Å². The number of hydrogen-bond acceptors (Lipinski definition) is 4. The summed E-state index contributed by atoms with van der Waals surface area (Å²) >= 11 is 6.72. The maximum Gasteiger partial charge on any atom is 0.338 e. The van der Waals surface area contributed by atoms with Crippen LogP contribution in [0.1, 0.15) is 75.7 Å². The summed E-state index contributed by atoms with van der Waals surface area (Å²) in [6, 6.07) is 4.87. The first-order chi connectivity index (χ1) is 14.9. The molecule has 174 valence electrons. The summed E-state index contributed by atoms with van der Waals surface area (Å²) in [6.07, 6.45) is 7.51. The zero-order valence-electron chi connectivity index (χ0n) is 19.6. The van der Waals surface area contributed by atoms with E-state index >= 15 is 0 Å². The number of esters is 1. The van der Waals surface area contributed by atoms with Gasteiger partial charge in [-0.2, -0.15) is 0 Å². The molecule has 1 aliphatic carbocycles. The van der Waals surface area contributed by atoms with Gasteiger partial charge in [-0.1, -0.05) is 36.8 Å². The number of aromatic hydroxyl groups is 1. The third kappa shape index (κ3) is 5.29. The number of rotatable bonds is 1. The van der Waals surface area contributed by atoms with E-state index in [-0.39, 0.29) is 11.2 Å². The number of fused-ring (bicyclic) bond motifs is 3. The number of ether oxygens (including phenoxy) is 1. The van der Waals surface area contributed by atoms with Gasteiger partial charge >= 0.3 is 5.97 Å². The molecular weight excluding hydrogens is 424 g/mol. The van der Waals surface area contributed by atoms with Crippen LogP contribution in [-0.2, 0) is 11.2 Å². The summed E-state index contributed by atoms with van der Waals surface area (Å²) in [7, 11) is 0. The number of alkyl halides is 1. The van der Waals surface area contributed by atoms with Gasteiger partial charge in [0.15, 0.2) is 0 Å². The molecule has 0 aromatic heterocycles. The molecule has 32 heavy (non-hydrogen) atoms. The lowest BCUT2D eigenvalue weighted by atomic mass is 9.70. The maximum absolute atomic E-state index is 12.9. The van der Waals surface area contributed by atoms with Crippen molar-refractivity contribution in [3.05, 3.63) is 64.8 Å². The summed E-state index contributed by atoms with van der Waals surface area (Å²) in [5.74, 6) is -0.300. The van der Waals surface area contributed by atoms with Crippen LogP contribution < -0.4 is 0 Å². The third-order valence-corrected chi connectivity index (χ3v) is 7.79. The number of carbonyl (C=O) groups is 1. The molecular formula is C27H35ClO4. The van der Waals surface area contributed by atoms with Crippen molar-refractivity contribution in [2.45, 2.75) is 83.3 Å². The van der Waals surface area contributed by atoms with Gasteiger partial charge in [0.05, 0.1) is 16.5 Å². The number of benzene rings is 1. The standard InChI is InChI=1S/C27H35ClO4/c1-17(2)23-10-14-27(5,31)24(28)11-13-26(4)12-6-7-18(3)21(26)16-20-15-19(25(30)32-23)8-9-22(20)29/h6,8-9,12,15,23-24,29,31H,1,7,10-11,13-14,16H2,2-5H3/t23-,24-,26-,27-/m0/s1. The van der Waals surface area contributed by atoms with E-state index in [0.717, 1.165) is 12.8 Å². The Morgan fingerprint density at radius 2 is 1.97 bits per heavy atom. The second-order valence-corrected chi connectivity index (χ2v) is 10.5. The lowest BCUT2D eigenvalue weighted by Crippen LogP contribution is -2.38. The van der Waals surface area contributed by atoms with E-state index < -0.39 is 23.1 Å². The number of allylic oxidation sites excluding steroid dienone is 4. The van der Waals surface area contributed by atoms with Gasteiger partial charge in [-0.05, 0) is 88.6 Å². The van der Waals surface area contributed by atoms with Crippen molar-refractivity contribution in [3.63, 3.8) is 0 Å². The number of phenolic OH excluding ortho intramolecular Hbond substituents is 1. The predicted molar refractivity (Wildman–Crippen MR) is 129 cm³/mol. The third-order valence-electron chi connectivity index (χ3n) is 7.10. The molecule has 1 aromatic rings. The molecule has 1 aliphatic heterocycles. The van der Waals surface area contributed by atoms with Crippen molar-refractivity contribution in [1.82, 2.24) is 0 Å². The molecule has 0 fully saturated rings. The summed E-state index contributed by atoms with van der Waals surface area (Å²) < 4.78 is 5.75. The second kappa shape index (κ2) is 9.44. The molecule has 0 spiro atoms. The minimum absolute atomic E-state index is 0.165. The van der Waals surface area contributed by atoms with E-state index in [0.29, 0.717) is 42.4 Å². The average Bonchev–Trinajstić information content (AvgIpc) is 2.72. The summed E-state index contributed by atoms with van der Waals surface area (Å²) in [5, 5.41) is 21.2. The molecule has 0 saturated carbocycles. The molecule has 0 saturated heterocycles. The maximum atomic E-state index is 12.9. The molecule has 0 unspecified atom stereocenters. The Kier molecular flexibility index (Phi) is 7.26.